The number of rotatable bonds is 6. The van der Waals surface area contributed by atoms with Gasteiger partial charge in [-0.2, -0.15) is 0 Å². The molecular weight excluding hydrogens is 321 g/mol. The van der Waals surface area contributed by atoms with Crippen LogP contribution in [0, 0.1) is 0 Å². The molecule has 1 atom stereocenters. The first-order chi connectivity index (χ1) is 8.58. The van der Waals surface area contributed by atoms with Gasteiger partial charge in [-0.3, -0.25) is 4.79 Å². The van der Waals surface area contributed by atoms with Crippen LogP contribution in [-0.4, -0.2) is 38.1 Å². The van der Waals surface area contributed by atoms with Crippen LogP contribution in [-0.2, 0) is 4.74 Å². The van der Waals surface area contributed by atoms with Gasteiger partial charge in [0.1, 0.15) is 5.75 Å². The Balaban J connectivity index is 2.68. The third kappa shape index (κ3) is 4.48. The van der Waals surface area contributed by atoms with Gasteiger partial charge in [0, 0.05) is 18.7 Å². The minimum Gasteiger partial charge on any atom is -0.496 e. The van der Waals surface area contributed by atoms with Crippen molar-refractivity contribution in [2.24, 2.45) is 0 Å². The number of hydrogen-bond acceptors (Lipinski definition) is 3. The summed E-state index contributed by atoms with van der Waals surface area (Å²) in [6.45, 7) is 0.981. The maximum atomic E-state index is 12.0. The highest BCUT2D eigenvalue weighted by molar-refractivity contribution is 9.09. The number of carbonyl (C=O) groups excluding carboxylic acids is 1. The van der Waals surface area contributed by atoms with E-state index in [-0.39, 0.29) is 10.7 Å². The van der Waals surface area contributed by atoms with Crippen molar-refractivity contribution >= 4 is 33.4 Å². The molecule has 0 bridgehead atoms. The molecule has 0 heterocycles. The molecule has 0 fully saturated rings. The molecule has 1 amide bonds. The molecule has 1 N–H and O–H groups in total. The maximum absolute atomic E-state index is 12.0. The fourth-order valence-electron chi connectivity index (χ4n) is 1.40. The van der Waals surface area contributed by atoms with Crippen LogP contribution in [0.3, 0.4) is 0 Å². The van der Waals surface area contributed by atoms with Gasteiger partial charge in [0.15, 0.2) is 0 Å². The zero-order valence-corrected chi connectivity index (χ0v) is 12.5. The lowest BCUT2D eigenvalue weighted by atomic mass is 10.2. The van der Waals surface area contributed by atoms with Crippen LogP contribution in [0.15, 0.2) is 18.2 Å². The van der Waals surface area contributed by atoms with E-state index >= 15 is 0 Å². The summed E-state index contributed by atoms with van der Waals surface area (Å²) in [5.74, 6) is 0.268. The first-order valence-electron chi connectivity index (χ1n) is 5.33. The molecular formula is C12H15BrClNO3. The molecule has 1 aromatic rings. The average molecular weight is 337 g/mol. The van der Waals surface area contributed by atoms with Crippen molar-refractivity contribution in [3.63, 3.8) is 0 Å². The first-order valence-corrected chi connectivity index (χ1v) is 6.62. The van der Waals surface area contributed by atoms with Gasteiger partial charge in [0.05, 0.1) is 24.1 Å². The van der Waals surface area contributed by atoms with Crippen LogP contribution in [0.4, 0.5) is 0 Å². The third-order valence-corrected chi connectivity index (χ3v) is 3.06. The number of benzene rings is 1. The number of carbonyl (C=O) groups is 1. The number of nitrogens with one attached hydrogen (secondary N) is 1. The Kier molecular flexibility index (Phi) is 6.46. The van der Waals surface area contributed by atoms with Crippen LogP contribution >= 0.6 is 27.5 Å². The quantitative estimate of drug-likeness (QED) is 0.812. The van der Waals surface area contributed by atoms with Crippen LogP contribution in [0.25, 0.3) is 0 Å². The van der Waals surface area contributed by atoms with Crippen molar-refractivity contribution in [1.82, 2.24) is 5.32 Å². The Bertz CT molecular complexity index is 414. The molecule has 6 heteroatoms. The highest BCUT2D eigenvalue weighted by Gasteiger charge is 2.14. The van der Waals surface area contributed by atoms with Gasteiger partial charge in [-0.05, 0) is 18.2 Å². The molecule has 1 aromatic carbocycles. The largest absolute Gasteiger partial charge is 0.496 e. The molecule has 1 rings (SSSR count). The number of amides is 1. The highest BCUT2D eigenvalue weighted by Crippen LogP contribution is 2.22. The van der Waals surface area contributed by atoms with E-state index in [9.17, 15) is 4.79 Å². The molecule has 0 aromatic heterocycles. The minimum atomic E-state index is -0.227. The van der Waals surface area contributed by atoms with Crippen molar-refractivity contribution in [2.75, 3.05) is 27.4 Å². The van der Waals surface area contributed by atoms with Crippen LogP contribution < -0.4 is 10.1 Å². The number of hydrogen-bond donors (Lipinski definition) is 1. The summed E-state index contributed by atoms with van der Waals surface area (Å²) in [7, 11) is 3.12. The summed E-state index contributed by atoms with van der Waals surface area (Å²) < 4.78 is 10.1. The van der Waals surface area contributed by atoms with Gasteiger partial charge in [-0.15, -0.1) is 0 Å². The van der Waals surface area contributed by atoms with Gasteiger partial charge in [-0.25, -0.2) is 0 Å². The second-order valence-corrected chi connectivity index (χ2v) is 5.34. The lowest BCUT2D eigenvalue weighted by Gasteiger charge is -2.12. The van der Waals surface area contributed by atoms with E-state index in [4.69, 9.17) is 21.1 Å². The summed E-state index contributed by atoms with van der Waals surface area (Å²) in [6.07, 6.45) is 0. The van der Waals surface area contributed by atoms with Crippen molar-refractivity contribution in [3.05, 3.63) is 28.8 Å². The fraction of sp³-hybridized carbons (Fsp3) is 0.417. The molecule has 100 valence electrons. The summed E-state index contributed by atoms with van der Waals surface area (Å²) in [5, 5.41) is 3.27. The smallest absolute Gasteiger partial charge is 0.255 e. The van der Waals surface area contributed by atoms with Crippen molar-refractivity contribution in [3.8, 4) is 5.75 Å². The Morgan fingerprint density at radius 1 is 1.50 bits per heavy atom. The number of methoxy groups -OCH3 is 2. The summed E-state index contributed by atoms with van der Waals surface area (Å²) >= 11 is 9.26. The third-order valence-electron chi connectivity index (χ3n) is 2.24. The Hall–Kier alpha value is -0.780. The predicted molar refractivity (Wildman–Crippen MR) is 74.9 cm³/mol. The van der Waals surface area contributed by atoms with Gasteiger partial charge in [0.2, 0.25) is 0 Å². The molecule has 0 saturated heterocycles. The zero-order chi connectivity index (χ0) is 13.5. The number of halogens is 2. The van der Waals surface area contributed by atoms with Crippen molar-refractivity contribution in [1.29, 1.82) is 0 Å². The fourth-order valence-corrected chi connectivity index (χ4v) is 1.99. The SMILES string of the molecule is COCC(Br)CNC(=O)c1cc(Cl)ccc1OC. The van der Waals surface area contributed by atoms with Crippen LogP contribution in [0.5, 0.6) is 5.75 Å². The second kappa shape index (κ2) is 7.61. The van der Waals surface area contributed by atoms with E-state index < -0.39 is 0 Å². The predicted octanol–water partition coefficient (Wildman–Crippen LogP) is 2.49. The van der Waals surface area contributed by atoms with E-state index in [0.717, 1.165) is 0 Å². The van der Waals surface area contributed by atoms with Gasteiger partial charge < -0.3 is 14.8 Å². The number of ether oxygens (including phenoxy) is 2. The molecule has 0 spiro atoms. The Morgan fingerprint density at radius 3 is 2.83 bits per heavy atom. The van der Waals surface area contributed by atoms with E-state index in [1.165, 1.54) is 7.11 Å². The maximum Gasteiger partial charge on any atom is 0.255 e. The number of alkyl halides is 1. The van der Waals surface area contributed by atoms with E-state index in [1.54, 1.807) is 25.3 Å². The van der Waals surface area contributed by atoms with Crippen LogP contribution in [0.1, 0.15) is 10.4 Å². The van der Waals surface area contributed by atoms with Gasteiger partial charge in [-0.1, -0.05) is 27.5 Å². The molecule has 18 heavy (non-hydrogen) atoms. The summed E-state index contributed by atoms with van der Waals surface area (Å²) in [5.41, 5.74) is 0.419. The average Bonchev–Trinajstić information content (AvgIpc) is 2.36. The van der Waals surface area contributed by atoms with Crippen molar-refractivity contribution in [2.45, 2.75) is 4.83 Å². The first kappa shape index (κ1) is 15.3. The molecule has 0 aliphatic rings. The van der Waals surface area contributed by atoms with Gasteiger partial charge >= 0.3 is 0 Å². The second-order valence-electron chi connectivity index (χ2n) is 3.61. The highest BCUT2D eigenvalue weighted by atomic mass is 79.9. The normalized spacial score (nSPS) is 12.0. The molecule has 0 saturated carbocycles. The van der Waals surface area contributed by atoms with Gasteiger partial charge in [0.25, 0.3) is 5.91 Å². The lowest BCUT2D eigenvalue weighted by Crippen LogP contribution is -2.31. The van der Waals surface area contributed by atoms with E-state index in [0.29, 0.717) is 29.5 Å². The molecule has 0 radical (unpaired) electrons. The molecule has 0 aliphatic heterocycles. The van der Waals surface area contributed by atoms with Crippen LogP contribution in [0.2, 0.25) is 5.02 Å². The Labute approximate surface area is 120 Å². The van der Waals surface area contributed by atoms with Crippen molar-refractivity contribution < 1.29 is 14.3 Å². The topological polar surface area (TPSA) is 47.6 Å². The molecule has 0 aliphatic carbocycles. The zero-order valence-electron chi connectivity index (χ0n) is 10.2. The summed E-state index contributed by atoms with van der Waals surface area (Å²) in [6, 6.07) is 4.92. The molecule has 4 nitrogen and oxygen atoms in total. The monoisotopic (exact) mass is 335 g/mol. The van der Waals surface area contributed by atoms with E-state index in [2.05, 4.69) is 21.2 Å². The minimum absolute atomic E-state index is 0.0663. The molecule has 1 unspecified atom stereocenters. The lowest BCUT2D eigenvalue weighted by molar-refractivity contribution is 0.0947. The standard InChI is InChI=1S/C12H15BrClNO3/c1-17-7-8(13)6-15-12(16)10-5-9(14)3-4-11(10)18-2/h3-5,8H,6-7H2,1-2H3,(H,15,16). The summed E-state index contributed by atoms with van der Waals surface area (Å²) in [4.78, 5) is 12.0. The Morgan fingerprint density at radius 2 is 2.22 bits per heavy atom. The van der Waals surface area contributed by atoms with E-state index in [1.807, 2.05) is 0 Å².